The van der Waals surface area contributed by atoms with Crippen molar-refractivity contribution in [1.29, 1.82) is 0 Å². The number of methoxy groups -OCH3 is 1. The molecule has 1 aromatic carbocycles. The summed E-state index contributed by atoms with van der Waals surface area (Å²) >= 11 is 5.93. The molecule has 4 nitrogen and oxygen atoms in total. The predicted molar refractivity (Wildman–Crippen MR) is 73.7 cm³/mol. The fraction of sp³-hybridized carbons (Fsp3) is 0.500. The highest BCUT2D eigenvalue weighted by Crippen LogP contribution is 2.39. The molecule has 1 fully saturated rings. The number of aliphatic hydroxyl groups is 1. The number of aliphatic hydroxyl groups excluding tert-OH is 1. The maximum atomic E-state index is 12.2. The Hall–Kier alpha value is -1.26. The van der Waals surface area contributed by atoms with E-state index in [1.807, 2.05) is 6.92 Å². The second-order valence-corrected chi connectivity index (χ2v) is 5.56. The first-order valence-electron chi connectivity index (χ1n) is 6.27. The zero-order valence-electron chi connectivity index (χ0n) is 11.1. The molecule has 0 radical (unpaired) electrons. The van der Waals surface area contributed by atoms with Crippen molar-refractivity contribution in [3.8, 4) is 5.75 Å². The normalized spacial score (nSPS) is 17.7. The van der Waals surface area contributed by atoms with Gasteiger partial charge in [0.2, 0.25) is 0 Å². The molecule has 1 aromatic rings. The first kappa shape index (κ1) is 14.2. The summed E-state index contributed by atoms with van der Waals surface area (Å²) in [5, 5.41) is 12.8. The predicted octanol–water partition coefficient (Wildman–Crippen LogP) is 2.24. The van der Waals surface area contributed by atoms with Crippen LogP contribution < -0.4 is 10.1 Å². The molecule has 1 aliphatic carbocycles. The van der Waals surface area contributed by atoms with Gasteiger partial charge in [0.1, 0.15) is 5.75 Å². The van der Waals surface area contributed by atoms with Crippen LogP contribution in [0.25, 0.3) is 0 Å². The zero-order valence-corrected chi connectivity index (χ0v) is 11.8. The van der Waals surface area contributed by atoms with Crippen LogP contribution >= 0.6 is 11.6 Å². The number of amides is 1. The third kappa shape index (κ3) is 3.01. The van der Waals surface area contributed by atoms with E-state index in [-0.39, 0.29) is 12.5 Å². The third-order valence-electron chi connectivity index (χ3n) is 3.62. The Kier molecular flexibility index (Phi) is 4.02. The molecule has 0 spiro atoms. The monoisotopic (exact) mass is 283 g/mol. The van der Waals surface area contributed by atoms with Gasteiger partial charge in [-0.25, -0.2) is 0 Å². The van der Waals surface area contributed by atoms with Gasteiger partial charge in [0.15, 0.2) is 0 Å². The van der Waals surface area contributed by atoms with E-state index in [2.05, 4.69) is 5.32 Å². The minimum absolute atomic E-state index is 0.0614. The number of nitrogens with one attached hydrogen (secondary N) is 1. The van der Waals surface area contributed by atoms with Crippen molar-refractivity contribution in [2.24, 2.45) is 5.92 Å². The van der Waals surface area contributed by atoms with E-state index >= 15 is 0 Å². The maximum Gasteiger partial charge on any atom is 0.251 e. The van der Waals surface area contributed by atoms with Gasteiger partial charge in [-0.3, -0.25) is 4.79 Å². The van der Waals surface area contributed by atoms with Crippen LogP contribution in [-0.4, -0.2) is 30.3 Å². The van der Waals surface area contributed by atoms with Crippen LogP contribution in [0.4, 0.5) is 0 Å². The maximum absolute atomic E-state index is 12.2. The van der Waals surface area contributed by atoms with Crippen LogP contribution in [0.2, 0.25) is 5.02 Å². The molecule has 0 bridgehead atoms. The Morgan fingerprint density at radius 1 is 1.58 bits per heavy atom. The SMILES string of the molecule is COc1cc(C(=O)NC(C)(CO)C2CC2)ccc1Cl. The topological polar surface area (TPSA) is 58.6 Å². The number of rotatable bonds is 5. The summed E-state index contributed by atoms with van der Waals surface area (Å²) in [6, 6.07) is 4.87. The Labute approximate surface area is 117 Å². The lowest BCUT2D eigenvalue weighted by atomic mass is 9.96. The van der Waals surface area contributed by atoms with E-state index < -0.39 is 5.54 Å². The zero-order chi connectivity index (χ0) is 14.0. The first-order chi connectivity index (χ1) is 9.00. The molecular formula is C14H18ClNO3. The van der Waals surface area contributed by atoms with Crippen LogP contribution in [0.1, 0.15) is 30.1 Å². The summed E-state index contributed by atoms with van der Waals surface area (Å²) in [6.45, 7) is 1.81. The summed E-state index contributed by atoms with van der Waals surface area (Å²) in [6.07, 6.45) is 2.09. The van der Waals surface area contributed by atoms with Crippen molar-refractivity contribution in [3.05, 3.63) is 28.8 Å². The van der Waals surface area contributed by atoms with Gasteiger partial charge in [0.05, 0.1) is 24.3 Å². The number of benzene rings is 1. The van der Waals surface area contributed by atoms with E-state index in [4.69, 9.17) is 16.3 Å². The molecule has 2 rings (SSSR count). The van der Waals surface area contributed by atoms with E-state index in [1.54, 1.807) is 18.2 Å². The fourth-order valence-corrected chi connectivity index (χ4v) is 2.32. The lowest BCUT2D eigenvalue weighted by Crippen LogP contribution is -2.50. The molecule has 19 heavy (non-hydrogen) atoms. The van der Waals surface area contributed by atoms with Gasteiger partial charge in [-0.2, -0.15) is 0 Å². The van der Waals surface area contributed by atoms with Crippen LogP contribution in [0.3, 0.4) is 0 Å². The molecule has 1 aliphatic rings. The van der Waals surface area contributed by atoms with Gasteiger partial charge in [0.25, 0.3) is 5.91 Å². The summed E-state index contributed by atoms with van der Waals surface area (Å²) < 4.78 is 5.09. The van der Waals surface area contributed by atoms with Crippen LogP contribution in [0.15, 0.2) is 18.2 Å². The Bertz CT molecular complexity index is 488. The smallest absolute Gasteiger partial charge is 0.251 e. The van der Waals surface area contributed by atoms with E-state index in [9.17, 15) is 9.90 Å². The molecular weight excluding hydrogens is 266 g/mol. The number of hydrogen-bond donors (Lipinski definition) is 2. The molecule has 1 atom stereocenters. The fourth-order valence-electron chi connectivity index (χ4n) is 2.12. The van der Waals surface area contributed by atoms with E-state index in [0.717, 1.165) is 12.8 Å². The highest BCUT2D eigenvalue weighted by molar-refractivity contribution is 6.32. The Balaban J connectivity index is 2.15. The van der Waals surface area contributed by atoms with Gasteiger partial charge in [-0.15, -0.1) is 0 Å². The molecule has 1 saturated carbocycles. The van der Waals surface area contributed by atoms with Crippen molar-refractivity contribution >= 4 is 17.5 Å². The largest absolute Gasteiger partial charge is 0.495 e. The van der Waals surface area contributed by atoms with Crippen molar-refractivity contribution in [2.45, 2.75) is 25.3 Å². The van der Waals surface area contributed by atoms with Crippen LogP contribution in [0, 0.1) is 5.92 Å². The molecule has 0 aliphatic heterocycles. The van der Waals surface area contributed by atoms with Crippen molar-refractivity contribution in [3.63, 3.8) is 0 Å². The summed E-state index contributed by atoms with van der Waals surface area (Å²) in [4.78, 5) is 12.2. The van der Waals surface area contributed by atoms with Crippen LogP contribution in [-0.2, 0) is 0 Å². The molecule has 0 heterocycles. The lowest BCUT2D eigenvalue weighted by molar-refractivity contribution is 0.0824. The van der Waals surface area contributed by atoms with Gasteiger partial charge in [-0.05, 0) is 43.9 Å². The highest BCUT2D eigenvalue weighted by Gasteiger charge is 2.42. The highest BCUT2D eigenvalue weighted by atomic mass is 35.5. The number of carbonyl (C=O) groups excluding carboxylic acids is 1. The van der Waals surface area contributed by atoms with Crippen molar-refractivity contribution in [1.82, 2.24) is 5.32 Å². The average Bonchev–Trinajstić information content (AvgIpc) is 3.23. The molecule has 1 amide bonds. The lowest BCUT2D eigenvalue weighted by Gasteiger charge is -2.28. The quantitative estimate of drug-likeness (QED) is 0.871. The molecule has 1 unspecified atom stereocenters. The van der Waals surface area contributed by atoms with E-state index in [1.165, 1.54) is 7.11 Å². The molecule has 2 N–H and O–H groups in total. The van der Waals surface area contributed by atoms with Gasteiger partial charge in [0, 0.05) is 5.56 Å². The van der Waals surface area contributed by atoms with Gasteiger partial charge >= 0.3 is 0 Å². The van der Waals surface area contributed by atoms with Crippen molar-refractivity contribution < 1.29 is 14.6 Å². The minimum atomic E-state index is -0.552. The third-order valence-corrected chi connectivity index (χ3v) is 3.93. The molecule has 0 saturated heterocycles. The average molecular weight is 284 g/mol. The standard InChI is InChI=1S/C14H18ClNO3/c1-14(8-17,10-4-5-10)16-13(18)9-3-6-11(15)12(7-9)19-2/h3,6-7,10,17H,4-5,8H2,1-2H3,(H,16,18). The Morgan fingerprint density at radius 3 is 2.79 bits per heavy atom. The first-order valence-corrected chi connectivity index (χ1v) is 6.65. The molecule has 104 valence electrons. The minimum Gasteiger partial charge on any atom is -0.495 e. The number of carbonyl (C=O) groups is 1. The Morgan fingerprint density at radius 2 is 2.26 bits per heavy atom. The summed E-state index contributed by atoms with van der Waals surface area (Å²) in [5.41, 5.74) is -0.0780. The number of ether oxygens (including phenoxy) is 1. The van der Waals surface area contributed by atoms with Gasteiger partial charge < -0.3 is 15.2 Å². The second-order valence-electron chi connectivity index (χ2n) is 5.15. The van der Waals surface area contributed by atoms with Crippen molar-refractivity contribution in [2.75, 3.05) is 13.7 Å². The van der Waals surface area contributed by atoms with E-state index in [0.29, 0.717) is 22.3 Å². The molecule has 5 heteroatoms. The summed E-state index contributed by atoms with van der Waals surface area (Å²) in [7, 11) is 1.50. The van der Waals surface area contributed by atoms with Crippen LogP contribution in [0.5, 0.6) is 5.75 Å². The number of halogens is 1. The summed E-state index contributed by atoms with van der Waals surface area (Å²) in [5.74, 6) is 0.598. The second kappa shape index (κ2) is 5.39. The van der Waals surface area contributed by atoms with Gasteiger partial charge in [-0.1, -0.05) is 11.6 Å². The number of hydrogen-bond acceptors (Lipinski definition) is 3. The molecule has 0 aromatic heterocycles.